The average molecular weight is 345 g/mol. The second kappa shape index (κ2) is 11.4. The van der Waals surface area contributed by atoms with E-state index in [1.807, 2.05) is 6.20 Å². The Labute approximate surface area is 151 Å². The molecule has 1 aromatic rings. The summed E-state index contributed by atoms with van der Waals surface area (Å²) in [5.41, 5.74) is 5.05. The highest BCUT2D eigenvalue weighted by Gasteiger charge is 2.02. The summed E-state index contributed by atoms with van der Waals surface area (Å²) < 4.78 is 1.59. The molecule has 5 nitrogen and oxygen atoms in total. The van der Waals surface area contributed by atoms with Gasteiger partial charge in [-0.25, -0.2) is 0 Å². The molecule has 0 bridgehead atoms. The van der Waals surface area contributed by atoms with E-state index in [2.05, 4.69) is 56.2 Å². The summed E-state index contributed by atoms with van der Waals surface area (Å²) in [6, 6.07) is 0. The Kier molecular flexibility index (Phi) is 9.51. The van der Waals surface area contributed by atoms with Crippen LogP contribution < -0.4 is 0 Å². The average Bonchev–Trinajstić information content (AvgIpc) is 2.98. The van der Waals surface area contributed by atoms with Gasteiger partial charge in [-0.3, -0.25) is 9.48 Å². The van der Waals surface area contributed by atoms with Crippen LogP contribution in [0.5, 0.6) is 0 Å². The topological polar surface area (TPSA) is 68.0 Å². The Hall–Kier alpha value is -2.17. The minimum atomic E-state index is -0.822. The summed E-state index contributed by atoms with van der Waals surface area (Å²) in [4.78, 5) is 10.6. The first-order valence-corrected chi connectivity index (χ1v) is 8.92. The zero-order valence-electron chi connectivity index (χ0n) is 16.0. The highest BCUT2D eigenvalue weighted by atomic mass is 16.4. The van der Waals surface area contributed by atoms with Crippen molar-refractivity contribution in [1.29, 1.82) is 0 Å². The van der Waals surface area contributed by atoms with Crippen molar-refractivity contribution in [1.82, 2.24) is 15.0 Å². The summed E-state index contributed by atoms with van der Waals surface area (Å²) in [5.74, 6) is -0.822. The fourth-order valence-electron chi connectivity index (χ4n) is 2.37. The van der Waals surface area contributed by atoms with Gasteiger partial charge in [-0.1, -0.05) is 40.2 Å². The van der Waals surface area contributed by atoms with E-state index < -0.39 is 5.97 Å². The lowest BCUT2D eigenvalue weighted by molar-refractivity contribution is -0.137. The third-order valence-corrected chi connectivity index (χ3v) is 3.92. The molecule has 0 radical (unpaired) electrons. The Morgan fingerprint density at radius 3 is 2.32 bits per heavy atom. The third kappa shape index (κ3) is 10.3. The maximum atomic E-state index is 10.6. The Balaban J connectivity index is 2.33. The molecule has 25 heavy (non-hydrogen) atoms. The fourth-order valence-corrected chi connectivity index (χ4v) is 2.37. The Bertz CT molecular complexity index is 635. The number of hydrogen-bond acceptors (Lipinski definition) is 3. The number of aliphatic carboxylic acids is 1. The van der Waals surface area contributed by atoms with Crippen LogP contribution >= 0.6 is 0 Å². The zero-order valence-corrected chi connectivity index (χ0v) is 16.0. The molecule has 0 saturated heterocycles. The molecule has 0 unspecified atom stereocenters. The predicted molar refractivity (Wildman–Crippen MR) is 101 cm³/mol. The van der Waals surface area contributed by atoms with Gasteiger partial charge in [0.15, 0.2) is 0 Å². The van der Waals surface area contributed by atoms with Gasteiger partial charge >= 0.3 is 5.97 Å². The monoisotopic (exact) mass is 345 g/mol. The van der Waals surface area contributed by atoms with Crippen LogP contribution in [-0.4, -0.2) is 26.1 Å². The van der Waals surface area contributed by atoms with Gasteiger partial charge in [0, 0.05) is 12.6 Å². The minimum Gasteiger partial charge on any atom is -0.481 e. The van der Waals surface area contributed by atoms with Crippen molar-refractivity contribution in [3.8, 4) is 0 Å². The maximum Gasteiger partial charge on any atom is 0.305 e. The van der Waals surface area contributed by atoms with Crippen molar-refractivity contribution < 1.29 is 9.90 Å². The molecular formula is C20H31N3O2. The van der Waals surface area contributed by atoms with Crippen molar-refractivity contribution >= 4 is 5.97 Å². The van der Waals surface area contributed by atoms with Gasteiger partial charge in [-0.2, -0.15) is 0 Å². The maximum absolute atomic E-state index is 10.6. The van der Waals surface area contributed by atoms with Gasteiger partial charge in [0.1, 0.15) is 0 Å². The normalized spacial score (nSPS) is 12.3. The molecule has 1 N–H and O–H groups in total. The molecule has 1 aromatic heterocycles. The summed E-state index contributed by atoms with van der Waals surface area (Å²) in [6.07, 6.45) is 13.8. The second-order valence-corrected chi connectivity index (χ2v) is 6.78. The fraction of sp³-hybridized carbons (Fsp3) is 0.550. The molecule has 0 aliphatic rings. The molecule has 5 heteroatoms. The van der Waals surface area contributed by atoms with Gasteiger partial charge in [-0.05, 0) is 53.4 Å². The van der Waals surface area contributed by atoms with E-state index in [1.165, 1.54) is 16.7 Å². The summed E-state index contributed by atoms with van der Waals surface area (Å²) in [5, 5.41) is 16.7. The van der Waals surface area contributed by atoms with Crippen LogP contribution in [-0.2, 0) is 17.8 Å². The molecular weight excluding hydrogens is 314 g/mol. The van der Waals surface area contributed by atoms with Gasteiger partial charge in [0.05, 0.1) is 18.7 Å². The molecule has 0 aromatic carbocycles. The number of aryl methyl sites for hydroxylation is 1. The van der Waals surface area contributed by atoms with Gasteiger partial charge in [-0.15, -0.1) is 5.10 Å². The molecule has 0 atom stereocenters. The Morgan fingerprint density at radius 1 is 1.04 bits per heavy atom. The number of allylic oxidation sites excluding steroid dienone is 6. The molecule has 0 spiro atoms. The molecule has 138 valence electrons. The van der Waals surface area contributed by atoms with Crippen LogP contribution in [0.2, 0.25) is 0 Å². The van der Waals surface area contributed by atoms with Crippen LogP contribution in [0.3, 0.4) is 0 Å². The van der Waals surface area contributed by atoms with Gasteiger partial charge < -0.3 is 5.11 Å². The molecule has 0 aliphatic carbocycles. The lowest BCUT2D eigenvalue weighted by atomic mass is 10.1. The molecule has 1 heterocycles. The molecule has 0 saturated carbocycles. The first kappa shape index (κ1) is 20.9. The second-order valence-electron chi connectivity index (χ2n) is 6.78. The van der Waals surface area contributed by atoms with Gasteiger partial charge in [0.25, 0.3) is 0 Å². The van der Waals surface area contributed by atoms with Crippen LogP contribution in [0, 0.1) is 0 Å². The van der Waals surface area contributed by atoms with E-state index >= 15 is 0 Å². The summed E-state index contributed by atoms with van der Waals surface area (Å²) >= 11 is 0. The summed E-state index contributed by atoms with van der Waals surface area (Å²) in [6.45, 7) is 8.98. The van der Waals surface area contributed by atoms with Crippen molar-refractivity contribution in [3.63, 3.8) is 0 Å². The number of rotatable bonds is 11. The van der Waals surface area contributed by atoms with Crippen LogP contribution in [0.25, 0.3) is 0 Å². The largest absolute Gasteiger partial charge is 0.481 e. The van der Waals surface area contributed by atoms with Gasteiger partial charge in [0.2, 0.25) is 0 Å². The number of carboxylic acid groups (broad SMARTS) is 1. The quantitative estimate of drug-likeness (QED) is 0.590. The van der Waals surface area contributed by atoms with Crippen molar-refractivity contribution in [3.05, 3.63) is 46.8 Å². The van der Waals surface area contributed by atoms with Crippen LogP contribution in [0.4, 0.5) is 0 Å². The standard InChI is InChI=1S/C20H31N3O2/c1-16(2)7-5-8-17(3)9-6-10-18(4)11-12-19-15-23(22-21-19)14-13-20(24)25/h7,9,11,15H,5-6,8,10,12-14H2,1-4H3,(H,24,25)/b17-9+,18-11+. The first-order valence-electron chi connectivity index (χ1n) is 8.92. The van der Waals surface area contributed by atoms with E-state index in [0.717, 1.165) is 37.8 Å². The minimum absolute atomic E-state index is 0.0664. The zero-order chi connectivity index (χ0) is 18.7. The third-order valence-electron chi connectivity index (χ3n) is 3.92. The predicted octanol–water partition coefficient (Wildman–Crippen LogP) is 4.71. The SMILES string of the molecule is CC(C)=CCC/C(C)=C/CC/C(C)=C/Cc1cn(CCC(=O)O)nn1. The number of nitrogens with zero attached hydrogens (tertiary/aromatic N) is 3. The number of carbonyl (C=O) groups is 1. The van der Waals surface area contributed by atoms with Crippen LogP contribution in [0.1, 0.15) is 65.5 Å². The Morgan fingerprint density at radius 2 is 1.68 bits per heavy atom. The molecule has 0 fully saturated rings. The first-order chi connectivity index (χ1) is 11.9. The lowest BCUT2D eigenvalue weighted by Gasteiger charge is -2.01. The van der Waals surface area contributed by atoms with Crippen LogP contribution in [0.15, 0.2) is 41.1 Å². The van der Waals surface area contributed by atoms with Crippen molar-refractivity contribution in [2.45, 2.75) is 72.8 Å². The van der Waals surface area contributed by atoms with E-state index in [0.29, 0.717) is 6.54 Å². The highest BCUT2D eigenvalue weighted by Crippen LogP contribution is 2.12. The smallest absolute Gasteiger partial charge is 0.305 e. The van der Waals surface area contributed by atoms with Crippen molar-refractivity contribution in [2.75, 3.05) is 0 Å². The lowest BCUT2D eigenvalue weighted by Crippen LogP contribution is -2.04. The summed E-state index contributed by atoms with van der Waals surface area (Å²) in [7, 11) is 0. The van der Waals surface area contributed by atoms with E-state index in [-0.39, 0.29) is 6.42 Å². The van der Waals surface area contributed by atoms with E-state index in [9.17, 15) is 4.79 Å². The van der Waals surface area contributed by atoms with E-state index in [4.69, 9.17) is 5.11 Å². The number of hydrogen-bond donors (Lipinski definition) is 1. The number of carboxylic acids is 1. The molecule has 0 amide bonds. The molecule has 0 aliphatic heterocycles. The van der Waals surface area contributed by atoms with E-state index in [1.54, 1.807) is 4.68 Å². The number of aromatic nitrogens is 3. The highest BCUT2D eigenvalue weighted by molar-refractivity contribution is 5.66. The van der Waals surface area contributed by atoms with Crippen molar-refractivity contribution in [2.24, 2.45) is 0 Å². The molecule has 1 rings (SSSR count).